The molecule has 0 saturated carbocycles. The van der Waals surface area contributed by atoms with Crippen LogP contribution in [0.25, 0.3) is 0 Å². The predicted molar refractivity (Wildman–Crippen MR) is 78.7 cm³/mol. The second-order valence-corrected chi connectivity index (χ2v) is 5.47. The third kappa shape index (κ3) is 7.03. The van der Waals surface area contributed by atoms with Crippen LogP contribution >= 0.6 is 11.3 Å². The normalized spacial score (nSPS) is 14.5. The van der Waals surface area contributed by atoms with Crippen molar-refractivity contribution in [3.05, 3.63) is 22.4 Å². The monoisotopic (exact) mass is 287 g/mol. The lowest BCUT2D eigenvalue weighted by atomic mass is 10.1. The van der Waals surface area contributed by atoms with Gasteiger partial charge >= 0.3 is 0 Å². The highest BCUT2D eigenvalue weighted by molar-refractivity contribution is 7.10. The van der Waals surface area contributed by atoms with E-state index in [1.54, 1.807) is 18.4 Å². The molecule has 1 rings (SSSR count). The average molecular weight is 287 g/mol. The first-order valence-corrected chi connectivity index (χ1v) is 7.67. The smallest absolute Gasteiger partial charge is 0.0897 e. The maximum absolute atomic E-state index is 9.84. The Bertz CT molecular complexity index is 306. The number of aliphatic hydroxyl groups excluding tert-OH is 1. The van der Waals surface area contributed by atoms with E-state index >= 15 is 0 Å². The van der Waals surface area contributed by atoms with Crippen LogP contribution in [-0.4, -0.2) is 44.7 Å². The van der Waals surface area contributed by atoms with Gasteiger partial charge in [0.05, 0.1) is 25.9 Å². The van der Waals surface area contributed by atoms with E-state index in [2.05, 4.69) is 29.8 Å². The maximum atomic E-state index is 9.84. The number of hydrogen-bond donors (Lipinski definition) is 2. The van der Waals surface area contributed by atoms with E-state index < -0.39 is 6.10 Å². The van der Waals surface area contributed by atoms with E-state index in [4.69, 9.17) is 9.47 Å². The van der Waals surface area contributed by atoms with Crippen LogP contribution in [-0.2, 0) is 9.47 Å². The standard InChI is InChI=1S/C14H25NO3S/c1-3-5-13(14-6-4-9-19-14)15-10-12(16)11-18-8-7-17-2/h4,6,9,12-13,15-16H,3,5,7-8,10-11H2,1-2H3. The summed E-state index contributed by atoms with van der Waals surface area (Å²) in [6.45, 7) is 4.16. The number of ether oxygens (including phenoxy) is 2. The summed E-state index contributed by atoms with van der Waals surface area (Å²) >= 11 is 1.76. The zero-order valence-corrected chi connectivity index (χ0v) is 12.6. The first-order chi connectivity index (χ1) is 9.27. The van der Waals surface area contributed by atoms with Gasteiger partial charge in [-0.3, -0.25) is 0 Å². The van der Waals surface area contributed by atoms with Crippen LogP contribution in [0.5, 0.6) is 0 Å². The van der Waals surface area contributed by atoms with Gasteiger partial charge in [0.25, 0.3) is 0 Å². The van der Waals surface area contributed by atoms with Gasteiger partial charge in [0.15, 0.2) is 0 Å². The molecule has 0 spiro atoms. The Morgan fingerprint density at radius 3 is 2.89 bits per heavy atom. The number of hydrogen-bond acceptors (Lipinski definition) is 5. The summed E-state index contributed by atoms with van der Waals surface area (Å²) in [6.07, 6.45) is 1.73. The molecule has 0 radical (unpaired) electrons. The first-order valence-electron chi connectivity index (χ1n) is 6.79. The average Bonchev–Trinajstić information content (AvgIpc) is 2.93. The van der Waals surface area contributed by atoms with E-state index in [0.717, 1.165) is 12.8 Å². The summed E-state index contributed by atoms with van der Waals surface area (Å²) < 4.78 is 10.2. The van der Waals surface area contributed by atoms with E-state index in [1.807, 2.05) is 0 Å². The molecular weight excluding hydrogens is 262 g/mol. The number of thiophene rings is 1. The fourth-order valence-electron chi connectivity index (χ4n) is 1.82. The fraction of sp³-hybridized carbons (Fsp3) is 0.714. The summed E-state index contributed by atoms with van der Waals surface area (Å²) in [7, 11) is 1.64. The molecule has 0 aliphatic carbocycles. The highest BCUT2D eigenvalue weighted by Crippen LogP contribution is 2.22. The van der Waals surface area contributed by atoms with Crippen LogP contribution < -0.4 is 5.32 Å². The molecule has 0 aliphatic heterocycles. The molecule has 0 aliphatic rings. The molecule has 110 valence electrons. The third-order valence-electron chi connectivity index (χ3n) is 2.81. The molecule has 0 bridgehead atoms. The van der Waals surface area contributed by atoms with Gasteiger partial charge in [0.1, 0.15) is 0 Å². The third-order valence-corrected chi connectivity index (χ3v) is 3.79. The van der Waals surface area contributed by atoms with Crippen LogP contribution in [0, 0.1) is 0 Å². The van der Waals surface area contributed by atoms with Crippen molar-refractivity contribution in [1.29, 1.82) is 0 Å². The van der Waals surface area contributed by atoms with Crippen molar-refractivity contribution < 1.29 is 14.6 Å². The lowest BCUT2D eigenvalue weighted by Gasteiger charge is -2.19. The highest BCUT2D eigenvalue weighted by Gasteiger charge is 2.13. The molecule has 0 fully saturated rings. The van der Waals surface area contributed by atoms with Gasteiger partial charge in [-0.1, -0.05) is 19.4 Å². The molecule has 1 aromatic rings. The quantitative estimate of drug-likeness (QED) is 0.613. The van der Waals surface area contributed by atoms with Crippen LogP contribution in [0.3, 0.4) is 0 Å². The minimum atomic E-state index is -0.476. The molecule has 2 N–H and O–H groups in total. The summed E-state index contributed by atoms with van der Waals surface area (Å²) in [5.74, 6) is 0. The number of methoxy groups -OCH3 is 1. The van der Waals surface area contributed by atoms with E-state index in [-0.39, 0.29) is 0 Å². The minimum Gasteiger partial charge on any atom is -0.389 e. The summed E-state index contributed by atoms with van der Waals surface area (Å²) in [6, 6.07) is 4.53. The van der Waals surface area contributed by atoms with Crippen LogP contribution in [0.4, 0.5) is 0 Å². The molecule has 0 amide bonds. The van der Waals surface area contributed by atoms with Crippen molar-refractivity contribution in [3.63, 3.8) is 0 Å². The summed E-state index contributed by atoms with van der Waals surface area (Å²) in [5, 5.41) is 15.3. The fourth-order valence-corrected chi connectivity index (χ4v) is 2.66. The Morgan fingerprint density at radius 1 is 1.42 bits per heavy atom. The largest absolute Gasteiger partial charge is 0.389 e. The van der Waals surface area contributed by atoms with E-state index in [9.17, 15) is 5.11 Å². The Morgan fingerprint density at radius 2 is 2.26 bits per heavy atom. The number of nitrogens with one attached hydrogen (secondary N) is 1. The minimum absolute atomic E-state index is 0.332. The Kier molecular flexibility index (Phi) is 9.03. The molecular formula is C14H25NO3S. The molecule has 0 aromatic carbocycles. The van der Waals surface area contributed by atoms with Crippen molar-refractivity contribution in [2.75, 3.05) is 33.5 Å². The van der Waals surface area contributed by atoms with E-state index in [1.165, 1.54) is 4.88 Å². The zero-order valence-electron chi connectivity index (χ0n) is 11.8. The Hall–Kier alpha value is -0.460. The lowest BCUT2D eigenvalue weighted by molar-refractivity contribution is 0.0128. The molecule has 19 heavy (non-hydrogen) atoms. The molecule has 1 aromatic heterocycles. The van der Waals surface area contributed by atoms with E-state index in [0.29, 0.717) is 32.4 Å². The van der Waals surface area contributed by atoms with Crippen molar-refractivity contribution in [2.24, 2.45) is 0 Å². The second-order valence-electron chi connectivity index (χ2n) is 4.49. The van der Waals surface area contributed by atoms with Gasteiger partial charge < -0.3 is 19.9 Å². The van der Waals surface area contributed by atoms with Crippen LogP contribution in [0.15, 0.2) is 17.5 Å². The van der Waals surface area contributed by atoms with Crippen molar-refractivity contribution in [2.45, 2.75) is 31.9 Å². The summed E-state index contributed by atoms with van der Waals surface area (Å²) in [4.78, 5) is 1.33. The van der Waals surface area contributed by atoms with Crippen molar-refractivity contribution in [3.8, 4) is 0 Å². The molecule has 0 saturated heterocycles. The highest BCUT2D eigenvalue weighted by atomic mass is 32.1. The van der Waals surface area contributed by atoms with Gasteiger partial charge in [0, 0.05) is 24.6 Å². The van der Waals surface area contributed by atoms with Gasteiger partial charge in [0.2, 0.25) is 0 Å². The summed E-state index contributed by atoms with van der Waals surface area (Å²) in [5.41, 5.74) is 0. The Balaban J connectivity index is 2.23. The lowest BCUT2D eigenvalue weighted by Crippen LogP contribution is -2.33. The van der Waals surface area contributed by atoms with Crippen LogP contribution in [0.1, 0.15) is 30.7 Å². The SMILES string of the molecule is CCCC(NCC(O)COCCOC)c1cccs1. The predicted octanol–water partition coefficient (Wildman–Crippen LogP) is 2.20. The zero-order chi connectivity index (χ0) is 13.9. The molecule has 2 unspecified atom stereocenters. The van der Waals surface area contributed by atoms with Crippen molar-refractivity contribution >= 4 is 11.3 Å². The van der Waals surface area contributed by atoms with Gasteiger partial charge in [-0.05, 0) is 17.9 Å². The van der Waals surface area contributed by atoms with Gasteiger partial charge in [-0.25, -0.2) is 0 Å². The number of aliphatic hydroxyl groups is 1. The second kappa shape index (κ2) is 10.3. The molecule has 4 nitrogen and oxygen atoms in total. The molecule has 2 atom stereocenters. The molecule has 5 heteroatoms. The first kappa shape index (κ1) is 16.6. The van der Waals surface area contributed by atoms with Gasteiger partial charge in [-0.2, -0.15) is 0 Å². The number of rotatable bonds is 11. The topological polar surface area (TPSA) is 50.7 Å². The Labute approximate surface area is 119 Å². The molecule has 1 heterocycles. The van der Waals surface area contributed by atoms with Gasteiger partial charge in [-0.15, -0.1) is 11.3 Å². The van der Waals surface area contributed by atoms with Crippen molar-refractivity contribution in [1.82, 2.24) is 5.32 Å². The van der Waals surface area contributed by atoms with Crippen LogP contribution in [0.2, 0.25) is 0 Å². The maximum Gasteiger partial charge on any atom is 0.0897 e.